The number of benzene rings is 2. The summed E-state index contributed by atoms with van der Waals surface area (Å²) >= 11 is 0. The molecule has 3 rings (SSSR count). The van der Waals surface area contributed by atoms with Crippen molar-refractivity contribution in [1.82, 2.24) is 15.1 Å². The Morgan fingerprint density at radius 3 is 2.74 bits per heavy atom. The summed E-state index contributed by atoms with van der Waals surface area (Å²) in [5, 5.41) is 17.9. The highest BCUT2D eigenvalue weighted by Gasteiger charge is 2.12. The molecule has 1 aromatic heterocycles. The van der Waals surface area contributed by atoms with Gasteiger partial charge in [0, 0.05) is 30.0 Å². The van der Waals surface area contributed by atoms with Gasteiger partial charge in [0.25, 0.3) is 5.69 Å². The molecule has 3 aromatic rings. The zero-order valence-electron chi connectivity index (χ0n) is 14.6. The molecule has 0 fully saturated rings. The number of carbonyl (C=O) groups excluding carboxylic acids is 1. The van der Waals surface area contributed by atoms with Crippen molar-refractivity contribution in [3.05, 3.63) is 94.3 Å². The van der Waals surface area contributed by atoms with Gasteiger partial charge >= 0.3 is 0 Å². The van der Waals surface area contributed by atoms with Gasteiger partial charge in [0.2, 0.25) is 5.91 Å². The van der Waals surface area contributed by atoms with E-state index in [4.69, 9.17) is 0 Å². The van der Waals surface area contributed by atoms with Crippen LogP contribution in [0.2, 0.25) is 0 Å². The van der Waals surface area contributed by atoms with Gasteiger partial charge in [-0.2, -0.15) is 5.10 Å². The van der Waals surface area contributed by atoms with Crippen LogP contribution in [0.25, 0.3) is 11.8 Å². The fourth-order valence-corrected chi connectivity index (χ4v) is 2.57. The average Bonchev–Trinajstić information content (AvgIpc) is 3.16. The van der Waals surface area contributed by atoms with Gasteiger partial charge in [0.15, 0.2) is 0 Å². The largest absolute Gasteiger partial charge is 0.346 e. The van der Waals surface area contributed by atoms with E-state index in [9.17, 15) is 14.9 Å². The maximum atomic E-state index is 12.1. The van der Waals surface area contributed by atoms with Crippen molar-refractivity contribution in [3.8, 4) is 5.69 Å². The Labute approximate surface area is 156 Å². The lowest BCUT2D eigenvalue weighted by Crippen LogP contribution is -2.24. The normalized spacial score (nSPS) is 12.0. The van der Waals surface area contributed by atoms with Crippen molar-refractivity contribution < 1.29 is 9.72 Å². The molecule has 0 saturated heterocycles. The molecule has 0 spiro atoms. The van der Waals surface area contributed by atoms with Crippen LogP contribution < -0.4 is 5.32 Å². The molecule has 1 heterocycles. The van der Waals surface area contributed by atoms with E-state index in [1.54, 1.807) is 36.0 Å². The topological polar surface area (TPSA) is 90.1 Å². The van der Waals surface area contributed by atoms with E-state index in [1.165, 1.54) is 18.2 Å². The smallest absolute Gasteiger partial charge is 0.269 e. The van der Waals surface area contributed by atoms with Gasteiger partial charge in [-0.15, -0.1) is 0 Å². The Morgan fingerprint density at radius 2 is 2.00 bits per heavy atom. The van der Waals surface area contributed by atoms with Crippen LogP contribution in [-0.4, -0.2) is 20.6 Å². The summed E-state index contributed by atoms with van der Waals surface area (Å²) in [5.41, 5.74) is 2.39. The molecular formula is C20H18N4O3. The first-order valence-electron chi connectivity index (χ1n) is 8.36. The van der Waals surface area contributed by atoms with Crippen molar-refractivity contribution in [2.45, 2.75) is 13.0 Å². The quantitative estimate of drug-likeness (QED) is 0.411. The summed E-state index contributed by atoms with van der Waals surface area (Å²) < 4.78 is 1.73. The van der Waals surface area contributed by atoms with Crippen LogP contribution in [-0.2, 0) is 4.79 Å². The molecule has 0 bridgehead atoms. The second kappa shape index (κ2) is 8.09. The molecule has 1 amide bonds. The Hall–Kier alpha value is -3.74. The second-order valence-corrected chi connectivity index (χ2v) is 5.97. The van der Waals surface area contributed by atoms with Gasteiger partial charge in [0.05, 0.1) is 22.8 Å². The number of para-hydroxylation sites is 1. The number of nitrogens with one attached hydrogen (secondary N) is 1. The Balaban J connectivity index is 1.63. The summed E-state index contributed by atoms with van der Waals surface area (Å²) in [6, 6.07) is 15.5. The van der Waals surface area contributed by atoms with Crippen LogP contribution in [0.5, 0.6) is 0 Å². The Morgan fingerprint density at radius 1 is 1.22 bits per heavy atom. The van der Waals surface area contributed by atoms with Crippen LogP contribution in [0.3, 0.4) is 0 Å². The summed E-state index contributed by atoms with van der Waals surface area (Å²) in [6.45, 7) is 1.78. The van der Waals surface area contributed by atoms with Gasteiger partial charge < -0.3 is 5.32 Å². The van der Waals surface area contributed by atoms with Crippen LogP contribution in [0, 0.1) is 10.1 Å². The first-order valence-corrected chi connectivity index (χ1v) is 8.36. The molecule has 1 atom stereocenters. The molecule has 7 heteroatoms. The minimum absolute atomic E-state index is 0.00235. The third kappa shape index (κ3) is 4.66. The molecule has 1 unspecified atom stereocenters. The molecule has 2 aromatic carbocycles. The number of rotatable bonds is 6. The average molecular weight is 362 g/mol. The molecule has 136 valence electrons. The fraction of sp³-hybridized carbons (Fsp3) is 0.100. The van der Waals surface area contributed by atoms with Gasteiger partial charge in [-0.05, 0) is 30.7 Å². The number of nitrogens with zero attached hydrogens (tertiary/aromatic N) is 3. The van der Waals surface area contributed by atoms with Crippen LogP contribution >= 0.6 is 0 Å². The predicted molar refractivity (Wildman–Crippen MR) is 102 cm³/mol. The molecule has 0 aliphatic rings. The lowest BCUT2D eigenvalue weighted by atomic mass is 10.1. The van der Waals surface area contributed by atoms with Crippen molar-refractivity contribution in [3.63, 3.8) is 0 Å². The number of nitro benzene ring substituents is 1. The Bertz CT molecular complexity index is 980. The van der Waals surface area contributed by atoms with E-state index < -0.39 is 4.92 Å². The Kier molecular flexibility index (Phi) is 5.41. The number of non-ortho nitro benzene ring substituents is 1. The van der Waals surface area contributed by atoms with Crippen molar-refractivity contribution in [1.29, 1.82) is 0 Å². The second-order valence-electron chi connectivity index (χ2n) is 5.97. The van der Waals surface area contributed by atoms with Crippen LogP contribution in [0.4, 0.5) is 5.69 Å². The highest BCUT2D eigenvalue weighted by atomic mass is 16.6. The lowest BCUT2D eigenvalue weighted by Gasteiger charge is -2.12. The number of hydrogen-bond acceptors (Lipinski definition) is 4. The minimum atomic E-state index is -0.456. The first-order chi connectivity index (χ1) is 13.0. The highest BCUT2D eigenvalue weighted by molar-refractivity contribution is 5.91. The van der Waals surface area contributed by atoms with E-state index in [1.807, 2.05) is 36.5 Å². The third-order valence-electron chi connectivity index (χ3n) is 3.99. The third-order valence-corrected chi connectivity index (χ3v) is 3.99. The van der Waals surface area contributed by atoms with E-state index in [0.717, 1.165) is 11.3 Å². The van der Waals surface area contributed by atoms with Gasteiger partial charge in [0.1, 0.15) is 0 Å². The summed E-state index contributed by atoms with van der Waals surface area (Å²) in [5.74, 6) is -0.290. The highest BCUT2D eigenvalue weighted by Crippen LogP contribution is 2.19. The first kappa shape index (κ1) is 18.1. The monoisotopic (exact) mass is 362 g/mol. The van der Waals surface area contributed by atoms with E-state index in [2.05, 4.69) is 10.4 Å². The van der Waals surface area contributed by atoms with E-state index in [-0.39, 0.29) is 17.6 Å². The number of carbonyl (C=O) groups is 1. The number of aromatic nitrogens is 2. The van der Waals surface area contributed by atoms with Gasteiger partial charge in [-0.1, -0.05) is 30.3 Å². The number of nitro groups is 1. The molecule has 7 nitrogen and oxygen atoms in total. The molecule has 0 radical (unpaired) electrons. The molecule has 0 saturated carbocycles. The zero-order valence-corrected chi connectivity index (χ0v) is 14.6. The zero-order chi connectivity index (χ0) is 19.2. The number of amides is 1. The predicted octanol–water partition coefficient (Wildman–Crippen LogP) is 3.67. The molecular weight excluding hydrogens is 344 g/mol. The summed E-state index contributed by atoms with van der Waals surface area (Å²) in [6.07, 6.45) is 6.58. The van der Waals surface area contributed by atoms with Crippen molar-refractivity contribution in [2.24, 2.45) is 0 Å². The molecule has 0 aliphatic carbocycles. The maximum absolute atomic E-state index is 12.1. The van der Waals surface area contributed by atoms with Gasteiger partial charge in [-0.25, -0.2) is 4.68 Å². The SMILES string of the molecule is CC(NC(=O)/C=C/c1cnn(-c2ccccc2)c1)c1cccc([N+](=O)[O-])c1. The molecule has 1 N–H and O–H groups in total. The van der Waals surface area contributed by atoms with E-state index >= 15 is 0 Å². The van der Waals surface area contributed by atoms with E-state index in [0.29, 0.717) is 5.56 Å². The van der Waals surface area contributed by atoms with Gasteiger partial charge in [-0.3, -0.25) is 14.9 Å². The van der Waals surface area contributed by atoms with Crippen LogP contribution in [0.1, 0.15) is 24.1 Å². The standard InChI is InChI=1S/C20H18N4O3/c1-15(17-6-5-9-19(12-17)24(26)27)22-20(25)11-10-16-13-21-23(14-16)18-7-3-2-4-8-18/h2-15H,1H3,(H,22,25)/b11-10+. The van der Waals surface area contributed by atoms with Crippen LogP contribution in [0.15, 0.2) is 73.1 Å². The van der Waals surface area contributed by atoms with Crippen molar-refractivity contribution in [2.75, 3.05) is 0 Å². The summed E-state index contributed by atoms with van der Waals surface area (Å²) in [4.78, 5) is 22.5. The van der Waals surface area contributed by atoms with Crippen molar-refractivity contribution >= 4 is 17.7 Å². The maximum Gasteiger partial charge on any atom is 0.269 e. The molecule has 27 heavy (non-hydrogen) atoms. The minimum Gasteiger partial charge on any atom is -0.346 e. The summed E-state index contributed by atoms with van der Waals surface area (Å²) in [7, 11) is 0. The fourth-order valence-electron chi connectivity index (χ4n) is 2.57. The molecule has 0 aliphatic heterocycles. The number of hydrogen-bond donors (Lipinski definition) is 1. The lowest BCUT2D eigenvalue weighted by molar-refractivity contribution is -0.384.